The fourth-order valence-electron chi connectivity index (χ4n) is 3.84. The number of hydrogen-bond acceptors (Lipinski definition) is 2. The number of quaternary nitrogens is 1. The summed E-state index contributed by atoms with van der Waals surface area (Å²) in [4.78, 5) is 0. The van der Waals surface area contributed by atoms with Crippen LogP contribution in [0.25, 0.3) is 0 Å². The van der Waals surface area contributed by atoms with Crippen LogP contribution in [0.2, 0.25) is 0 Å². The molecule has 2 aromatic rings. The van der Waals surface area contributed by atoms with Crippen LogP contribution in [0.1, 0.15) is 18.4 Å². The van der Waals surface area contributed by atoms with E-state index < -0.39 is 0 Å². The predicted octanol–water partition coefficient (Wildman–Crippen LogP) is 4.50. The summed E-state index contributed by atoms with van der Waals surface area (Å²) in [6.45, 7) is 5.44. The summed E-state index contributed by atoms with van der Waals surface area (Å²) in [7, 11) is 1.71. The van der Waals surface area contributed by atoms with Gasteiger partial charge in [-0.2, -0.15) is 0 Å². The molecule has 4 heteroatoms. The highest BCUT2D eigenvalue weighted by atomic mass is 16.5. The van der Waals surface area contributed by atoms with Crippen molar-refractivity contribution in [2.45, 2.75) is 19.8 Å². The smallest absolute Gasteiger partial charge is 0.306 e. The van der Waals surface area contributed by atoms with E-state index in [2.05, 4.69) is 42.0 Å². The van der Waals surface area contributed by atoms with Gasteiger partial charge in [0.2, 0.25) is 5.69 Å². The van der Waals surface area contributed by atoms with Gasteiger partial charge in [0, 0.05) is 30.1 Å². The van der Waals surface area contributed by atoms with Crippen molar-refractivity contribution in [3.8, 4) is 5.75 Å². The summed E-state index contributed by atoms with van der Waals surface area (Å²) in [6.07, 6.45) is 2.58. The average molecular weight is 309 g/mol. The van der Waals surface area contributed by atoms with Crippen LogP contribution in [0.5, 0.6) is 5.75 Å². The average Bonchev–Trinajstić information content (AvgIpc) is 3.03. The number of rotatable bonds is 2. The first-order valence-corrected chi connectivity index (χ1v) is 8.31. The number of ether oxygens (including phenoxy) is 1. The number of hydrogen-bond donors (Lipinski definition) is 0. The summed E-state index contributed by atoms with van der Waals surface area (Å²) in [6, 6.07) is 14.9. The molecule has 1 fully saturated rings. The third-order valence-electron chi connectivity index (χ3n) is 5.05. The molecular weight excluding hydrogens is 286 g/mol. The molecule has 0 amide bonds. The van der Waals surface area contributed by atoms with E-state index in [0.717, 1.165) is 28.3 Å². The summed E-state index contributed by atoms with van der Waals surface area (Å²) >= 11 is 0. The topological polar surface area (TPSA) is 24.6 Å². The van der Waals surface area contributed by atoms with E-state index in [1.807, 2.05) is 12.1 Å². The lowest BCUT2D eigenvalue weighted by Gasteiger charge is -2.33. The monoisotopic (exact) mass is 309 g/mol. The number of benzene rings is 2. The van der Waals surface area contributed by atoms with Crippen molar-refractivity contribution in [3.63, 3.8) is 0 Å². The maximum Gasteiger partial charge on any atom is 0.306 e. The van der Waals surface area contributed by atoms with Gasteiger partial charge in [-0.15, -0.1) is 0 Å². The predicted molar refractivity (Wildman–Crippen MR) is 91.8 cm³/mol. The van der Waals surface area contributed by atoms with Crippen LogP contribution in [0.4, 0.5) is 17.1 Å². The molecule has 2 heterocycles. The fourth-order valence-corrected chi connectivity index (χ4v) is 3.84. The molecule has 4 nitrogen and oxygen atoms in total. The van der Waals surface area contributed by atoms with Crippen molar-refractivity contribution in [1.29, 1.82) is 0 Å². The molecule has 0 aromatic heterocycles. The molecule has 0 radical (unpaired) electrons. The zero-order valence-corrected chi connectivity index (χ0v) is 13.8. The Labute approximate surface area is 137 Å². The molecule has 0 bridgehead atoms. The summed E-state index contributed by atoms with van der Waals surface area (Å²) in [5, 5.41) is 4.93. The Bertz CT molecular complexity index is 776. The third-order valence-corrected chi connectivity index (χ3v) is 5.05. The zero-order valence-electron chi connectivity index (χ0n) is 13.8. The molecule has 0 N–H and O–H groups in total. The molecule has 23 heavy (non-hydrogen) atoms. The number of azo groups is 2. The molecule has 0 unspecified atom stereocenters. The minimum absolute atomic E-state index is 0.876. The SMILES string of the molecule is COc1cccc([N+]2=Nc3cc(C)ccc3[N+]3(CCCC3)C2)c1. The molecular formula is C19H23N3O+2. The minimum Gasteiger partial charge on any atom is -0.497 e. The second-order valence-corrected chi connectivity index (χ2v) is 6.63. The van der Waals surface area contributed by atoms with Crippen LogP contribution in [-0.4, -0.2) is 31.6 Å². The normalized spacial score (nSPS) is 18.6. The van der Waals surface area contributed by atoms with Gasteiger partial charge in [-0.25, -0.2) is 4.48 Å². The van der Waals surface area contributed by atoms with Gasteiger partial charge in [-0.3, -0.25) is 0 Å². The van der Waals surface area contributed by atoms with Gasteiger partial charge in [-0.05, 0) is 29.3 Å². The Morgan fingerprint density at radius 2 is 1.91 bits per heavy atom. The Morgan fingerprint density at radius 3 is 2.70 bits per heavy atom. The first kappa shape index (κ1) is 14.4. The quantitative estimate of drug-likeness (QED) is 0.592. The second kappa shape index (κ2) is 5.46. The first-order valence-electron chi connectivity index (χ1n) is 8.31. The number of fused-ring (bicyclic) bond motifs is 2. The molecule has 2 aliphatic heterocycles. The van der Waals surface area contributed by atoms with Gasteiger partial charge in [-0.1, -0.05) is 12.1 Å². The molecule has 1 saturated heterocycles. The van der Waals surface area contributed by atoms with Gasteiger partial charge in [0.1, 0.15) is 5.75 Å². The maximum atomic E-state index is 5.38. The molecule has 4 rings (SSSR count). The zero-order chi connectivity index (χ0) is 15.9. The number of aryl methyl sites for hydroxylation is 1. The van der Waals surface area contributed by atoms with Crippen molar-refractivity contribution in [1.82, 2.24) is 4.48 Å². The van der Waals surface area contributed by atoms with Crippen LogP contribution in [-0.2, 0) is 0 Å². The highest BCUT2D eigenvalue weighted by Crippen LogP contribution is 2.42. The van der Waals surface area contributed by atoms with E-state index in [1.54, 1.807) is 7.11 Å². The van der Waals surface area contributed by atoms with Crippen molar-refractivity contribution < 1.29 is 9.43 Å². The highest BCUT2D eigenvalue weighted by Gasteiger charge is 2.45. The van der Waals surface area contributed by atoms with Crippen molar-refractivity contribution in [3.05, 3.63) is 48.0 Å². The van der Waals surface area contributed by atoms with Crippen molar-refractivity contribution >= 4 is 17.1 Å². The lowest BCUT2D eigenvalue weighted by Crippen LogP contribution is -2.51. The number of nitrogens with zero attached hydrogens (tertiary/aromatic N) is 3. The van der Waals surface area contributed by atoms with Crippen LogP contribution in [0, 0.1) is 6.92 Å². The first-order chi connectivity index (χ1) is 11.2. The Morgan fingerprint density at radius 1 is 1.09 bits per heavy atom. The van der Waals surface area contributed by atoms with Gasteiger partial charge in [0.05, 0.1) is 26.3 Å². The van der Waals surface area contributed by atoms with Crippen LogP contribution < -0.4 is 9.22 Å². The van der Waals surface area contributed by atoms with Gasteiger partial charge in [0.15, 0.2) is 11.4 Å². The van der Waals surface area contributed by atoms with E-state index in [-0.39, 0.29) is 0 Å². The Kier molecular flexibility index (Phi) is 3.42. The van der Waals surface area contributed by atoms with Crippen molar-refractivity contribution in [2.24, 2.45) is 5.11 Å². The van der Waals surface area contributed by atoms with Crippen LogP contribution >= 0.6 is 0 Å². The van der Waals surface area contributed by atoms with E-state index in [4.69, 9.17) is 9.85 Å². The minimum atomic E-state index is 0.876. The van der Waals surface area contributed by atoms with E-state index in [1.165, 1.54) is 37.2 Å². The molecule has 0 atom stereocenters. The Hall–Kier alpha value is -2.20. The largest absolute Gasteiger partial charge is 0.497 e. The second-order valence-electron chi connectivity index (χ2n) is 6.63. The molecule has 0 saturated carbocycles. The summed E-state index contributed by atoms with van der Waals surface area (Å²) in [5.41, 5.74) is 4.85. The lowest BCUT2D eigenvalue weighted by molar-refractivity contribution is -0.531. The van der Waals surface area contributed by atoms with Crippen LogP contribution in [0.15, 0.2) is 47.6 Å². The standard InChI is InChI=1S/C19H23N3O/c1-15-8-9-19-18(12-15)20-21(14-22(19)10-3-4-11-22)16-6-5-7-17(13-16)23-2/h5-9,12-13H,3-4,10-11,14H2,1-2H3/q+2. The summed E-state index contributed by atoms with van der Waals surface area (Å²) < 4.78 is 8.55. The van der Waals surface area contributed by atoms with Gasteiger partial charge in [0.25, 0.3) is 0 Å². The van der Waals surface area contributed by atoms with Gasteiger partial charge >= 0.3 is 6.67 Å². The molecule has 0 aliphatic carbocycles. The Balaban J connectivity index is 1.85. The van der Waals surface area contributed by atoms with Crippen molar-refractivity contribution in [2.75, 3.05) is 26.9 Å². The van der Waals surface area contributed by atoms with Gasteiger partial charge < -0.3 is 4.74 Å². The highest BCUT2D eigenvalue weighted by molar-refractivity contribution is 5.66. The molecule has 2 aliphatic rings. The molecule has 118 valence electrons. The van der Waals surface area contributed by atoms with E-state index in [9.17, 15) is 0 Å². The fraction of sp³-hybridized carbons (Fsp3) is 0.368. The molecule has 1 spiro atoms. The van der Waals surface area contributed by atoms with E-state index in [0.29, 0.717) is 0 Å². The lowest BCUT2D eigenvalue weighted by atomic mass is 10.1. The van der Waals surface area contributed by atoms with Crippen LogP contribution in [0.3, 0.4) is 0 Å². The number of methoxy groups -OCH3 is 1. The van der Waals surface area contributed by atoms with E-state index >= 15 is 0 Å². The maximum absolute atomic E-state index is 5.38. The summed E-state index contributed by atoms with van der Waals surface area (Å²) in [5.74, 6) is 0.876. The third kappa shape index (κ3) is 2.43. The molecule has 2 aromatic carbocycles.